The number of carboxylic acids is 1. The van der Waals surface area contributed by atoms with Crippen LogP contribution in [0.15, 0.2) is 22.9 Å². The van der Waals surface area contributed by atoms with Crippen LogP contribution in [0.2, 0.25) is 0 Å². The SMILES string of the molecule is O=C(O)C1CCN(Cc2csc(-c3cccs3)n2)CC1. The van der Waals surface area contributed by atoms with Crippen molar-refractivity contribution in [2.75, 3.05) is 13.1 Å². The predicted molar refractivity (Wildman–Crippen MR) is 81.1 cm³/mol. The van der Waals surface area contributed by atoms with Crippen molar-refractivity contribution in [3.8, 4) is 9.88 Å². The molecule has 1 saturated heterocycles. The van der Waals surface area contributed by atoms with Crippen molar-refractivity contribution in [1.29, 1.82) is 0 Å². The van der Waals surface area contributed by atoms with E-state index >= 15 is 0 Å². The van der Waals surface area contributed by atoms with Gasteiger partial charge in [0.25, 0.3) is 0 Å². The number of nitrogens with zero attached hydrogens (tertiary/aromatic N) is 2. The fourth-order valence-corrected chi connectivity index (χ4v) is 4.09. The van der Waals surface area contributed by atoms with Crippen molar-refractivity contribution in [1.82, 2.24) is 9.88 Å². The van der Waals surface area contributed by atoms with E-state index < -0.39 is 5.97 Å². The van der Waals surface area contributed by atoms with Gasteiger partial charge in [-0.05, 0) is 37.4 Å². The number of thiophene rings is 1. The van der Waals surface area contributed by atoms with Gasteiger partial charge >= 0.3 is 5.97 Å². The van der Waals surface area contributed by atoms with Gasteiger partial charge in [0.15, 0.2) is 0 Å². The molecule has 1 N–H and O–H groups in total. The van der Waals surface area contributed by atoms with Crippen molar-refractivity contribution in [2.24, 2.45) is 5.92 Å². The molecule has 3 heterocycles. The average molecular weight is 308 g/mol. The van der Waals surface area contributed by atoms with Crippen LogP contribution < -0.4 is 0 Å². The molecule has 2 aromatic heterocycles. The summed E-state index contributed by atoms with van der Waals surface area (Å²) >= 11 is 3.39. The van der Waals surface area contributed by atoms with Crippen LogP contribution in [0, 0.1) is 5.92 Å². The molecule has 6 heteroatoms. The number of hydrogen-bond acceptors (Lipinski definition) is 5. The molecule has 0 unspecified atom stereocenters. The minimum absolute atomic E-state index is 0.164. The molecule has 1 aliphatic rings. The van der Waals surface area contributed by atoms with Crippen molar-refractivity contribution in [3.05, 3.63) is 28.6 Å². The van der Waals surface area contributed by atoms with Crippen molar-refractivity contribution < 1.29 is 9.90 Å². The molecule has 0 saturated carbocycles. The number of likely N-dealkylation sites (tertiary alicyclic amines) is 1. The molecular weight excluding hydrogens is 292 g/mol. The molecule has 4 nitrogen and oxygen atoms in total. The number of piperidine rings is 1. The van der Waals surface area contributed by atoms with Gasteiger partial charge in [-0.1, -0.05) is 6.07 Å². The Bertz CT molecular complexity index is 572. The summed E-state index contributed by atoms with van der Waals surface area (Å²) < 4.78 is 0. The molecule has 0 bridgehead atoms. The second-order valence-electron chi connectivity index (χ2n) is 5.01. The van der Waals surface area contributed by atoms with Crippen LogP contribution in [0.5, 0.6) is 0 Å². The Morgan fingerprint density at radius 2 is 2.20 bits per heavy atom. The third-order valence-electron chi connectivity index (χ3n) is 3.61. The minimum atomic E-state index is -0.654. The van der Waals surface area contributed by atoms with Gasteiger partial charge in [0.1, 0.15) is 5.01 Å². The summed E-state index contributed by atoms with van der Waals surface area (Å²) in [5.74, 6) is -0.818. The number of rotatable bonds is 4. The molecule has 0 atom stereocenters. The van der Waals surface area contributed by atoms with Crippen molar-refractivity contribution in [2.45, 2.75) is 19.4 Å². The van der Waals surface area contributed by atoms with E-state index in [4.69, 9.17) is 5.11 Å². The summed E-state index contributed by atoms with van der Waals surface area (Å²) in [6.45, 7) is 2.53. The Labute approximate surface area is 125 Å². The number of aliphatic carboxylic acids is 1. The highest BCUT2D eigenvalue weighted by Crippen LogP contribution is 2.28. The highest BCUT2D eigenvalue weighted by Gasteiger charge is 2.24. The second-order valence-corrected chi connectivity index (χ2v) is 6.82. The Hall–Kier alpha value is -1.24. The molecule has 20 heavy (non-hydrogen) atoms. The van der Waals surface area contributed by atoms with Crippen LogP contribution in [0.3, 0.4) is 0 Å². The lowest BCUT2D eigenvalue weighted by molar-refractivity contribution is -0.143. The summed E-state index contributed by atoms with van der Waals surface area (Å²) in [5.41, 5.74) is 1.09. The van der Waals surface area contributed by atoms with Crippen molar-refractivity contribution >= 4 is 28.6 Å². The van der Waals surface area contributed by atoms with Crippen LogP contribution in [-0.2, 0) is 11.3 Å². The van der Waals surface area contributed by atoms with Gasteiger partial charge < -0.3 is 5.11 Å². The van der Waals surface area contributed by atoms with Crippen molar-refractivity contribution in [3.63, 3.8) is 0 Å². The monoisotopic (exact) mass is 308 g/mol. The van der Waals surface area contributed by atoms with E-state index in [1.807, 2.05) is 6.07 Å². The van der Waals surface area contributed by atoms with E-state index in [1.165, 1.54) is 4.88 Å². The van der Waals surface area contributed by atoms with Crippen LogP contribution in [0.4, 0.5) is 0 Å². The minimum Gasteiger partial charge on any atom is -0.481 e. The van der Waals surface area contributed by atoms with Crippen LogP contribution in [-0.4, -0.2) is 34.0 Å². The summed E-state index contributed by atoms with van der Waals surface area (Å²) in [7, 11) is 0. The number of hydrogen-bond donors (Lipinski definition) is 1. The molecule has 0 aliphatic carbocycles. The van der Waals surface area contributed by atoms with E-state index in [0.717, 1.165) is 43.2 Å². The van der Waals surface area contributed by atoms with Crippen LogP contribution in [0.1, 0.15) is 18.5 Å². The largest absolute Gasteiger partial charge is 0.481 e. The van der Waals surface area contributed by atoms with Gasteiger partial charge in [-0.2, -0.15) is 0 Å². The first-order valence-corrected chi connectivity index (χ1v) is 8.42. The number of aromatic nitrogens is 1. The van der Waals surface area contributed by atoms with E-state index in [1.54, 1.807) is 22.7 Å². The van der Waals surface area contributed by atoms with Gasteiger partial charge in [0, 0.05) is 11.9 Å². The predicted octanol–water partition coefficient (Wildman–Crippen LogP) is 3.17. The lowest BCUT2D eigenvalue weighted by Gasteiger charge is -2.29. The summed E-state index contributed by atoms with van der Waals surface area (Å²) in [5, 5.41) is 14.2. The summed E-state index contributed by atoms with van der Waals surface area (Å²) in [6.07, 6.45) is 1.49. The molecule has 1 aliphatic heterocycles. The average Bonchev–Trinajstić information content (AvgIpc) is 3.09. The van der Waals surface area contributed by atoms with Gasteiger partial charge in [0.05, 0.1) is 16.5 Å². The number of thiazole rings is 1. The zero-order valence-corrected chi connectivity index (χ0v) is 12.6. The number of carboxylic acid groups (broad SMARTS) is 1. The molecule has 0 radical (unpaired) electrons. The summed E-state index contributed by atoms with van der Waals surface area (Å²) in [6, 6.07) is 4.13. The molecule has 0 amide bonds. The molecule has 2 aromatic rings. The zero-order chi connectivity index (χ0) is 13.9. The van der Waals surface area contributed by atoms with Gasteiger partial charge in [0.2, 0.25) is 0 Å². The summed E-state index contributed by atoms with van der Waals surface area (Å²) in [4.78, 5) is 19.1. The van der Waals surface area contributed by atoms with E-state index in [0.29, 0.717) is 0 Å². The molecule has 0 spiro atoms. The first-order valence-electron chi connectivity index (χ1n) is 6.66. The molecular formula is C14H16N2O2S2. The maximum absolute atomic E-state index is 10.9. The normalized spacial score (nSPS) is 17.4. The quantitative estimate of drug-likeness (QED) is 0.942. The smallest absolute Gasteiger partial charge is 0.306 e. The van der Waals surface area contributed by atoms with E-state index in [2.05, 4.69) is 26.7 Å². The molecule has 3 rings (SSSR count). The fraction of sp³-hybridized carbons (Fsp3) is 0.429. The molecule has 1 fully saturated rings. The van der Waals surface area contributed by atoms with Gasteiger partial charge in [-0.3, -0.25) is 9.69 Å². The van der Waals surface area contributed by atoms with E-state index in [9.17, 15) is 4.79 Å². The standard InChI is InChI=1S/C14H16N2O2S2/c17-14(18)10-3-5-16(6-4-10)8-11-9-20-13(15-11)12-2-1-7-19-12/h1-2,7,9-10H,3-6,8H2,(H,17,18). The van der Waals surface area contributed by atoms with Gasteiger partial charge in [-0.15, -0.1) is 22.7 Å². The molecule has 106 valence electrons. The Morgan fingerprint density at radius 1 is 1.40 bits per heavy atom. The first-order chi connectivity index (χ1) is 9.72. The second kappa shape index (κ2) is 6.03. The number of carbonyl (C=O) groups is 1. The van der Waals surface area contributed by atoms with Crippen LogP contribution in [0.25, 0.3) is 9.88 Å². The topological polar surface area (TPSA) is 53.4 Å². The van der Waals surface area contributed by atoms with Crippen LogP contribution >= 0.6 is 22.7 Å². The first kappa shape index (κ1) is 13.7. The van der Waals surface area contributed by atoms with Gasteiger partial charge in [-0.25, -0.2) is 4.98 Å². The highest BCUT2D eigenvalue weighted by atomic mass is 32.1. The maximum Gasteiger partial charge on any atom is 0.306 e. The Kier molecular flexibility index (Phi) is 4.14. The zero-order valence-electron chi connectivity index (χ0n) is 11.0. The third-order valence-corrected chi connectivity index (χ3v) is 5.54. The third kappa shape index (κ3) is 3.08. The Morgan fingerprint density at radius 3 is 2.85 bits per heavy atom. The highest BCUT2D eigenvalue weighted by molar-refractivity contribution is 7.20. The lowest BCUT2D eigenvalue weighted by Crippen LogP contribution is -2.35. The molecule has 0 aromatic carbocycles. The fourth-order valence-electron chi connectivity index (χ4n) is 2.46. The Balaban J connectivity index is 1.58. The lowest BCUT2D eigenvalue weighted by atomic mass is 9.97. The van der Waals surface area contributed by atoms with E-state index in [-0.39, 0.29) is 5.92 Å². The maximum atomic E-state index is 10.9.